The molecule has 0 spiro atoms. The molecule has 0 saturated heterocycles. The largest absolute Gasteiger partial charge is 0.488 e. The minimum absolute atomic E-state index is 0.172. The van der Waals surface area contributed by atoms with Crippen LogP contribution in [0.3, 0.4) is 0 Å². The Balaban J connectivity index is 1.68. The monoisotopic (exact) mass is 427 g/mol. The highest BCUT2D eigenvalue weighted by Crippen LogP contribution is 2.37. The predicted octanol–water partition coefficient (Wildman–Crippen LogP) is 4.57. The van der Waals surface area contributed by atoms with Gasteiger partial charge in [0.05, 0.1) is 18.4 Å². The van der Waals surface area contributed by atoms with Crippen LogP contribution in [0.4, 0.5) is 13.2 Å². The zero-order valence-corrected chi connectivity index (χ0v) is 16.3. The van der Waals surface area contributed by atoms with E-state index in [2.05, 4.69) is 9.98 Å². The standard InChI is InChI=1S/C19H17ClF3N3O3/c1-18(2)17(27)25-11-26(18)7-8-28-14-5-3-4-6-15(14)29-16-13(20)9-12(10-24-16)19(21,22)23/h3-6,9-11H,7-8H2,1-2H3. The maximum absolute atomic E-state index is 12.7. The fourth-order valence-corrected chi connectivity index (χ4v) is 2.76. The van der Waals surface area contributed by atoms with E-state index < -0.39 is 17.3 Å². The molecule has 0 N–H and O–H groups in total. The first-order valence-electron chi connectivity index (χ1n) is 8.57. The first-order chi connectivity index (χ1) is 13.6. The van der Waals surface area contributed by atoms with E-state index in [0.717, 1.165) is 6.07 Å². The maximum Gasteiger partial charge on any atom is 0.417 e. The van der Waals surface area contributed by atoms with Crippen molar-refractivity contribution in [2.24, 2.45) is 4.99 Å². The number of benzene rings is 1. The molecule has 1 aromatic carbocycles. The number of amides is 1. The molecule has 0 unspecified atom stereocenters. The summed E-state index contributed by atoms with van der Waals surface area (Å²) in [6.45, 7) is 4.14. The third kappa shape index (κ3) is 4.61. The normalized spacial score (nSPS) is 15.7. The molecule has 0 aliphatic carbocycles. The first kappa shape index (κ1) is 20.9. The molecule has 1 aliphatic heterocycles. The molecule has 3 rings (SSSR count). The van der Waals surface area contributed by atoms with Gasteiger partial charge in [-0.1, -0.05) is 23.7 Å². The number of rotatable bonds is 6. The van der Waals surface area contributed by atoms with Gasteiger partial charge in [0.15, 0.2) is 11.5 Å². The van der Waals surface area contributed by atoms with Gasteiger partial charge >= 0.3 is 6.18 Å². The van der Waals surface area contributed by atoms with Gasteiger partial charge in [-0.15, -0.1) is 0 Å². The smallest absolute Gasteiger partial charge is 0.417 e. The number of aliphatic imine (C=N–C) groups is 1. The van der Waals surface area contributed by atoms with Gasteiger partial charge in [-0.3, -0.25) is 4.79 Å². The lowest BCUT2D eigenvalue weighted by atomic mass is 10.0. The van der Waals surface area contributed by atoms with Crippen LogP contribution in [0, 0.1) is 0 Å². The Morgan fingerprint density at radius 2 is 1.90 bits per heavy atom. The van der Waals surface area contributed by atoms with E-state index in [0.29, 0.717) is 18.5 Å². The van der Waals surface area contributed by atoms with Gasteiger partial charge in [0.25, 0.3) is 5.91 Å². The first-order valence-corrected chi connectivity index (χ1v) is 8.94. The van der Waals surface area contributed by atoms with E-state index in [-0.39, 0.29) is 29.2 Å². The molecule has 10 heteroatoms. The molecule has 0 radical (unpaired) electrons. The van der Waals surface area contributed by atoms with Crippen LogP contribution in [-0.2, 0) is 11.0 Å². The highest BCUT2D eigenvalue weighted by molar-refractivity contribution is 6.31. The third-order valence-electron chi connectivity index (χ3n) is 4.34. The minimum Gasteiger partial charge on any atom is -0.488 e. The number of carbonyl (C=O) groups excluding carboxylic acids is 1. The van der Waals surface area contributed by atoms with E-state index in [4.69, 9.17) is 21.1 Å². The van der Waals surface area contributed by atoms with Crippen LogP contribution in [-0.4, -0.2) is 40.8 Å². The Hall–Kier alpha value is -2.81. The van der Waals surface area contributed by atoms with Gasteiger partial charge < -0.3 is 14.4 Å². The summed E-state index contributed by atoms with van der Waals surface area (Å²) >= 11 is 5.89. The number of ether oxygens (including phenoxy) is 2. The number of pyridine rings is 1. The number of halogens is 4. The molecular weight excluding hydrogens is 411 g/mol. The van der Waals surface area contributed by atoms with Crippen molar-refractivity contribution in [3.05, 3.63) is 47.1 Å². The van der Waals surface area contributed by atoms with Crippen LogP contribution in [0.5, 0.6) is 17.4 Å². The van der Waals surface area contributed by atoms with Gasteiger partial charge in [0.1, 0.15) is 17.2 Å². The van der Waals surface area contributed by atoms with Crippen LogP contribution in [0.15, 0.2) is 41.5 Å². The van der Waals surface area contributed by atoms with Crippen LogP contribution in [0.25, 0.3) is 0 Å². The van der Waals surface area contributed by atoms with Crippen molar-refractivity contribution in [2.75, 3.05) is 13.2 Å². The van der Waals surface area contributed by atoms with Crippen molar-refractivity contribution >= 4 is 23.8 Å². The number of hydrogen-bond acceptors (Lipinski definition) is 5. The Bertz CT molecular complexity index is 948. The van der Waals surface area contributed by atoms with Crippen molar-refractivity contribution in [1.29, 1.82) is 0 Å². The number of hydrogen-bond donors (Lipinski definition) is 0. The Labute approximate surface area is 169 Å². The average molecular weight is 428 g/mol. The summed E-state index contributed by atoms with van der Waals surface area (Å²) < 4.78 is 49.5. The van der Waals surface area contributed by atoms with E-state index in [1.54, 1.807) is 43.0 Å². The van der Waals surface area contributed by atoms with E-state index in [1.165, 1.54) is 6.34 Å². The second kappa shape index (κ2) is 7.90. The molecule has 6 nitrogen and oxygen atoms in total. The lowest BCUT2D eigenvalue weighted by Gasteiger charge is -2.29. The Morgan fingerprint density at radius 3 is 2.48 bits per heavy atom. The summed E-state index contributed by atoms with van der Waals surface area (Å²) in [6, 6.07) is 7.36. The quantitative estimate of drug-likeness (QED) is 0.675. The maximum atomic E-state index is 12.7. The molecular formula is C19H17ClF3N3O3. The summed E-state index contributed by atoms with van der Waals surface area (Å²) in [5.41, 5.74) is -1.71. The second-order valence-electron chi connectivity index (χ2n) is 6.71. The van der Waals surface area contributed by atoms with Gasteiger partial charge in [-0.2, -0.15) is 13.2 Å². The van der Waals surface area contributed by atoms with Gasteiger partial charge in [0, 0.05) is 6.20 Å². The minimum atomic E-state index is -4.55. The van der Waals surface area contributed by atoms with Crippen LogP contribution in [0.1, 0.15) is 19.4 Å². The zero-order valence-electron chi connectivity index (χ0n) is 15.5. The topological polar surface area (TPSA) is 64.0 Å². The molecule has 1 aromatic heterocycles. The van der Waals surface area contributed by atoms with Crippen LogP contribution in [0.2, 0.25) is 5.02 Å². The van der Waals surface area contributed by atoms with Crippen LogP contribution >= 0.6 is 11.6 Å². The van der Waals surface area contributed by atoms with E-state index in [9.17, 15) is 18.0 Å². The summed E-state index contributed by atoms with van der Waals surface area (Å²) in [7, 11) is 0. The summed E-state index contributed by atoms with van der Waals surface area (Å²) in [5.74, 6) is 0.191. The number of alkyl halides is 3. The molecule has 1 aliphatic rings. The van der Waals surface area contributed by atoms with Crippen molar-refractivity contribution in [3.63, 3.8) is 0 Å². The van der Waals surface area contributed by atoms with Gasteiger partial charge in [-0.25, -0.2) is 9.98 Å². The van der Waals surface area contributed by atoms with Crippen molar-refractivity contribution in [3.8, 4) is 17.4 Å². The lowest BCUT2D eigenvalue weighted by Crippen LogP contribution is -2.45. The van der Waals surface area contributed by atoms with E-state index in [1.807, 2.05) is 0 Å². The lowest BCUT2D eigenvalue weighted by molar-refractivity contribution is -0.137. The summed E-state index contributed by atoms with van der Waals surface area (Å²) in [5, 5.41) is -0.275. The highest BCUT2D eigenvalue weighted by atomic mass is 35.5. The van der Waals surface area contributed by atoms with Crippen LogP contribution < -0.4 is 9.47 Å². The number of aromatic nitrogens is 1. The SMILES string of the molecule is CC1(C)C(=O)N=CN1CCOc1ccccc1Oc1ncc(C(F)(F)F)cc1Cl. The number of carbonyl (C=O) groups is 1. The van der Waals surface area contributed by atoms with Gasteiger partial charge in [0.2, 0.25) is 5.88 Å². The molecule has 0 fully saturated rings. The van der Waals surface area contributed by atoms with Crippen molar-refractivity contribution in [2.45, 2.75) is 25.6 Å². The molecule has 0 bridgehead atoms. The molecule has 154 valence electrons. The fraction of sp³-hybridized carbons (Fsp3) is 0.316. The van der Waals surface area contributed by atoms with E-state index >= 15 is 0 Å². The average Bonchev–Trinajstić information content (AvgIpc) is 2.90. The number of nitrogens with zero attached hydrogens (tertiary/aromatic N) is 3. The third-order valence-corrected chi connectivity index (χ3v) is 4.61. The Kier molecular flexibility index (Phi) is 5.70. The summed E-state index contributed by atoms with van der Waals surface area (Å²) in [4.78, 5) is 20.9. The summed E-state index contributed by atoms with van der Waals surface area (Å²) in [6.07, 6.45) is -2.43. The molecule has 29 heavy (non-hydrogen) atoms. The Morgan fingerprint density at radius 1 is 1.21 bits per heavy atom. The number of para-hydroxylation sites is 2. The highest BCUT2D eigenvalue weighted by Gasteiger charge is 2.37. The van der Waals surface area contributed by atoms with Gasteiger partial charge in [-0.05, 0) is 32.0 Å². The molecule has 1 amide bonds. The second-order valence-corrected chi connectivity index (χ2v) is 7.12. The fourth-order valence-electron chi connectivity index (χ4n) is 2.55. The predicted molar refractivity (Wildman–Crippen MR) is 101 cm³/mol. The van der Waals surface area contributed by atoms with Crippen molar-refractivity contribution < 1.29 is 27.4 Å². The molecule has 2 aromatic rings. The molecule has 2 heterocycles. The zero-order chi connectivity index (χ0) is 21.2. The van der Waals surface area contributed by atoms with Crippen molar-refractivity contribution in [1.82, 2.24) is 9.88 Å². The molecule has 0 atom stereocenters. The molecule has 0 saturated carbocycles.